The Hall–Kier alpha value is -2.09. The first-order valence-electron chi connectivity index (χ1n) is 8.12. The molecule has 132 valence electrons. The molecule has 25 heavy (non-hydrogen) atoms. The van der Waals surface area contributed by atoms with Gasteiger partial charge in [0.15, 0.2) is 11.5 Å². The lowest BCUT2D eigenvalue weighted by Gasteiger charge is -2.37. The number of benzene rings is 2. The number of ether oxygens (including phenoxy) is 2. The maximum absolute atomic E-state index is 12.8. The van der Waals surface area contributed by atoms with Crippen LogP contribution in [-0.4, -0.2) is 44.1 Å². The molecule has 0 amide bonds. The van der Waals surface area contributed by atoms with Crippen LogP contribution in [0.2, 0.25) is 0 Å². The Morgan fingerprint density at radius 3 is 2.64 bits per heavy atom. The van der Waals surface area contributed by atoms with Gasteiger partial charge in [0.05, 0.1) is 17.0 Å². The minimum absolute atomic E-state index is 0.170. The third-order valence-electron chi connectivity index (χ3n) is 4.78. The maximum atomic E-state index is 12.8. The van der Waals surface area contributed by atoms with E-state index >= 15 is 0 Å². The predicted octanol–water partition coefficient (Wildman–Crippen LogP) is 1.74. The Kier molecular flexibility index (Phi) is 3.94. The van der Waals surface area contributed by atoms with Gasteiger partial charge in [-0.3, -0.25) is 0 Å². The van der Waals surface area contributed by atoms with Crippen LogP contribution >= 0.6 is 0 Å². The highest BCUT2D eigenvalue weighted by Gasteiger charge is 2.41. The number of aliphatic hydroxyl groups excluding tert-OH is 1. The van der Waals surface area contributed by atoms with E-state index in [4.69, 9.17) is 9.47 Å². The highest BCUT2D eigenvalue weighted by Crippen LogP contribution is 2.38. The van der Waals surface area contributed by atoms with Crippen molar-refractivity contribution in [3.63, 3.8) is 0 Å². The third-order valence-corrected chi connectivity index (χ3v) is 6.73. The van der Waals surface area contributed by atoms with Gasteiger partial charge in [-0.1, -0.05) is 24.3 Å². The van der Waals surface area contributed by atoms with Gasteiger partial charge < -0.3 is 14.6 Å². The lowest BCUT2D eigenvalue weighted by atomic mass is 9.95. The normalized spacial score (nSPS) is 24.6. The molecule has 2 aliphatic heterocycles. The second-order valence-corrected chi connectivity index (χ2v) is 8.22. The van der Waals surface area contributed by atoms with Gasteiger partial charge in [-0.25, -0.2) is 8.42 Å². The number of rotatable bonds is 2. The average Bonchev–Trinajstić information content (AvgIpc) is 2.64. The van der Waals surface area contributed by atoms with Crippen LogP contribution in [0, 0.1) is 0 Å². The summed E-state index contributed by atoms with van der Waals surface area (Å²) in [7, 11) is -2.11. The molecule has 2 atom stereocenters. The number of hydrogen-bond acceptors (Lipinski definition) is 5. The van der Waals surface area contributed by atoms with Crippen LogP contribution in [0.3, 0.4) is 0 Å². The molecule has 4 rings (SSSR count). The maximum Gasteiger partial charge on any atom is 0.243 e. The average molecular weight is 361 g/mol. The Labute approximate surface area is 146 Å². The second kappa shape index (κ2) is 6.01. The van der Waals surface area contributed by atoms with Crippen molar-refractivity contribution in [1.29, 1.82) is 0 Å². The molecule has 2 aliphatic rings. The zero-order valence-corrected chi connectivity index (χ0v) is 14.6. The molecule has 0 radical (unpaired) electrons. The smallest absolute Gasteiger partial charge is 0.243 e. The molecule has 0 fully saturated rings. The molecule has 0 aliphatic carbocycles. The Bertz CT molecular complexity index is 911. The molecule has 0 unspecified atom stereocenters. The van der Waals surface area contributed by atoms with E-state index in [1.165, 1.54) is 17.4 Å². The molecule has 0 bridgehead atoms. The standard InChI is InChI=1S/C18H19NO5S/c1-19-14(10-12-6-7-15-16(11-12)24-9-8-23-15)18(20)13-4-2-3-5-17(13)25(19,21)22/h2-7,11,14,18,20H,8-10H2,1H3/t14-,18+/m1/s1. The Balaban J connectivity index is 1.69. The van der Waals surface area contributed by atoms with Crippen molar-refractivity contribution in [2.45, 2.75) is 23.5 Å². The van der Waals surface area contributed by atoms with Crippen LogP contribution in [0.4, 0.5) is 0 Å². The highest BCUT2D eigenvalue weighted by molar-refractivity contribution is 7.89. The van der Waals surface area contributed by atoms with E-state index in [0.29, 0.717) is 36.7 Å². The molecule has 2 aromatic carbocycles. The van der Waals surface area contributed by atoms with E-state index in [0.717, 1.165) is 5.56 Å². The first-order valence-corrected chi connectivity index (χ1v) is 9.56. The monoisotopic (exact) mass is 361 g/mol. The van der Waals surface area contributed by atoms with Gasteiger partial charge in [-0.2, -0.15) is 4.31 Å². The minimum atomic E-state index is -3.62. The van der Waals surface area contributed by atoms with Gasteiger partial charge in [0.1, 0.15) is 13.2 Å². The molecule has 1 N–H and O–H groups in total. The van der Waals surface area contributed by atoms with Crippen molar-refractivity contribution < 1.29 is 23.0 Å². The summed E-state index contributed by atoms with van der Waals surface area (Å²) in [5.74, 6) is 1.34. The largest absolute Gasteiger partial charge is 0.486 e. The summed E-state index contributed by atoms with van der Waals surface area (Å²) >= 11 is 0. The van der Waals surface area contributed by atoms with Crippen LogP contribution in [-0.2, 0) is 16.4 Å². The first-order chi connectivity index (χ1) is 12.0. The summed E-state index contributed by atoms with van der Waals surface area (Å²) in [6.07, 6.45) is -0.514. The quantitative estimate of drug-likeness (QED) is 0.882. The van der Waals surface area contributed by atoms with E-state index in [-0.39, 0.29) is 4.90 Å². The van der Waals surface area contributed by atoms with Crippen molar-refractivity contribution in [3.05, 3.63) is 53.6 Å². The summed E-state index contributed by atoms with van der Waals surface area (Å²) in [4.78, 5) is 0.170. The zero-order chi connectivity index (χ0) is 17.6. The van der Waals surface area contributed by atoms with Crippen molar-refractivity contribution in [3.8, 4) is 11.5 Å². The number of aliphatic hydroxyl groups is 1. The van der Waals surface area contributed by atoms with Crippen molar-refractivity contribution in [1.82, 2.24) is 4.31 Å². The lowest BCUT2D eigenvalue weighted by Crippen LogP contribution is -2.46. The van der Waals surface area contributed by atoms with E-state index < -0.39 is 22.2 Å². The Morgan fingerprint density at radius 2 is 1.84 bits per heavy atom. The molecular weight excluding hydrogens is 342 g/mol. The van der Waals surface area contributed by atoms with Crippen LogP contribution in [0.25, 0.3) is 0 Å². The van der Waals surface area contributed by atoms with Crippen LogP contribution < -0.4 is 9.47 Å². The molecule has 0 saturated carbocycles. The zero-order valence-electron chi connectivity index (χ0n) is 13.8. The summed E-state index contributed by atoms with van der Waals surface area (Å²) < 4.78 is 37.9. The van der Waals surface area contributed by atoms with Crippen LogP contribution in [0.5, 0.6) is 11.5 Å². The van der Waals surface area contributed by atoms with Crippen LogP contribution in [0.1, 0.15) is 17.2 Å². The SMILES string of the molecule is CN1[C@H](Cc2ccc3c(c2)OCCO3)[C@@H](O)c2ccccc2S1(=O)=O. The minimum Gasteiger partial charge on any atom is -0.486 e. The van der Waals surface area contributed by atoms with E-state index in [2.05, 4.69) is 0 Å². The molecular formula is C18H19NO5S. The highest BCUT2D eigenvalue weighted by atomic mass is 32.2. The molecule has 0 saturated heterocycles. The van der Waals surface area contributed by atoms with Crippen molar-refractivity contribution in [2.75, 3.05) is 20.3 Å². The van der Waals surface area contributed by atoms with Gasteiger partial charge in [0.25, 0.3) is 0 Å². The number of likely N-dealkylation sites (N-methyl/N-ethyl adjacent to an activating group) is 1. The summed E-state index contributed by atoms with van der Waals surface area (Å²) in [6.45, 7) is 1.01. The fourth-order valence-electron chi connectivity index (χ4n) is 3.40. The molecule has 0 spiro atoms. The molecule has 6 nitrogen and oxygen atoms in total. The van der Waals surface area contributed by atoms with Gasteiger partial charge >= 0.3 is 0 Å². The van der Waals surface area contributed by atoms with Gasteiger partial charge in [0, 0.05) is 12.6 Å². The molecule has 2 aromatic rings. The fraction of sp³-hybridized carbons (Fsp3) is 0.333. The fourth-order valence-corrected chi connectivity index (χ4v) is 4.99. The van der Waals surface area contributed by atoms with Gasteiger partial charge in [-0.05, 0) is 30.2 Å². The van der Waals surface area contributed by atoms with Crippen LogP contribution in [0.15, 0.2) is 47.4 Å². The van der Waals surface area contributed by atoms with E-state index in [1.54, 1.807) is 18.2 Å². The number of fused-ring (bicyclic) bond motifs is 2. The summed E-state index contributed by atoms with van der Waals surface area (Å²) in [5, 5.41) is 10.8. The number of hydrogen-bond donors (Lipinski definition) is 1. The van der Waals surface area contributed by atoms with E-state index in [1.807, 2.05) is 18.2 Å². The molecule has 0 aromatic heterocycles. The van der Waals surface area contributed by atoms with Gasteiger partial charge in [-0.15, -0.1) is 0 Å². The molecule has 7 heteroatoms. The third kappa shape index (κ3) is 2.68. The predicted molar refractivity (Wildman–Crippen MR) is 91.3 cm³/mol. The number of nitrogens with zero attached hydrogens (tertiary/aromatic N) is 1. The lowest BCUT2D eigenvalue weighted by molar-refractivity contribution is 0.0891. The summed E-state index contributed by atoms with van der Waals surface area (Å²) in [5.41, 5.74) is 1.33. The van der Waals surface area contributed by atoms with Crippen molar-refractivity contribution >= 4 is 10.0 Å². The van der Waals surface area contributed by atoms with E-state index in [9.17, 15) is 13.5 Å². The topological polar surface area (TPSA) is 76.1 Å². The Morgan fingerprint density at radius 1 is 1.12 bits per heavy atom. The first kappa shape index (κ1) is 16.4. The molecule has 2 heterocycles. The number of sulfonamides is 1. The second-order valence-electron chi connectivity index (χ2n) is 6.25. The summed E-state index contributed by atoms with van der Waals surface area (Å²) in [6, 6.07) is 11.6. The van der Waals surface area contributed by atoms with Gasteiger partial charge in [0.2, 0.25) is 10.0 Å². The van der Waals surface area contributed by atoms with Crippen molar-refractivity contribution in [2.24, 2.45) is 0 Å².